The normalized spacial score (nSPS) is 10.4. The standard InChI is InChI=1S/C8H6ClNOS/c9-3-7-8(11-5-10-7)6-1-2-12-4-6/h1-2,4-5H,3H2. The number of aromatic nitrogens is 1. The summed E-state index contributed by atoms with van der Waals surface area (Å²) in [5.74, 6) is 1.17. The second-order valence-corrected chi connectivity index (χ2v) is 3.32. The predicted octanol–water partition coefficient (Wildman–Crippen LogP) is 3.14. The summed E-state index contributed by atoms with van der Waals surface area (Å²) in [6.45, 7) is 0. The summed E-state index contributed by atoms with van der Waals surface area (Å²) in [5.41, 5.74) is 1.85. The van der Waals surface area contributed by atoms with Gasteiger partial charge in [-0.1, -0.05) is 0 Å². The first-order chi connectivity index (χ1) is 5.92. The molecule has 2 rings (SSSR count). The first-order valence-corrected chi connectivity index (χ1v) is 4.90. The van der Waals surface area contributed by atoms with E-state index in [1.165, 1.54) is 6.39 Å². The summed E-state index contributed by atoms with van der Waals surface area (Å²) in [5, 5.41) is 4.01. The van der Waals surface area contributed by atoms with E-state index >= 15 is 0 Å². The van der Waals surface area contributed by atoms with Gasteiger partial charge in [0.15, 0.2) is 12.2 Å². The summed E-state index contributed by atoms with van der Waals surface area (Å²) in [7, 11) is 0. The van der Waals surface area contributed by atoms with E-state index in [4.69, 9.17) is 16.0 Å². The molecule has 0 aliphatic rings. The SMILES string of the molecule is ClCc1ncoc1-c1ccsc1. The zero-order valence-electron chi connectivity index (χ0n) is 6.16. The van der Waals surface area contributed by atoms with Gasteiger partial charge in [-0.25, -0.2) is 4.98 Å². The van der Waals surface area contributed by atoms with E-state index in [9.17, 15) is 0 Å². The van der Waals surface area contributed by atoms with E-state index < -0.39 is 0 Å². The Balaban J connectivity index is 2.46. The van der Waals surface area contributed by atoms with Crippen LogP contribution in [0.25, 0.3) is 11.3 Å². The van der Waals surface area contributed by atoms with Gasteiger partial charge in [-0.05, 0) is 11.4 Å². The molecule has 0 atom stereocenters. The minimum Gasteiger partial charge on any atom is -0.443 e. The molecule has 12 heavy (non-hydrogen) atoms. The zero-order valence-corrected chi connectivity index (χ0v) is 7.73. The topological polar surface area (TPSA) is 26.0 Å². The lowest BCUT2D eigenvalue weighted by atomic mass is 10.2. The molecular formula is C8H6ClNOS. The van der Waals surface area contributed by atoms with Gasteiger partial charge >= 0.3 is 0 Å². The molecule has 0 spiro atoms. The van der Waals surface area contributed by atoms with E-state index in [0.29, 0.717) is 5.88 Å². The van der Waals surface area contributed by atoms with Crippen LogP contribution in [0.5, 0.6) is 0 Å². The molecule has 0 amide bonds. The van der Waals surface area contributed by atoms with Crippen LogP contribution in [0.15, 0.2) is 27.6 Å². The predicted molar refractivity (Wildman–Crippen MR) is 49.4 cm³/mol. The van der Waals surface area contributed by atoms with Crippen molar-refractivity contribution in [1.29, 1.82) is 0 Å². The highest BCUT2D eigenvalue weighted by molar-refractivity contribution is 7.08. The van der Waals surface area contributed by atoms with Crippen LogP contribution in [0.3, 0.4) is 0 Å². The Morgan fingerprint density at radius 2 is 2.50 bits per heavy atom. The first kappa shape index (κ1) is 7.83. The molecule has 0 unspecified atom stereocenters. The maximum absolute atomic E-state index is 5.67. The average molecular weight is 200 g/mol. The lowest BCUT2D eigenvalue weighted by Crippen LogP contribution is -1.79. The lowest BCUT2D eigenvalue weighted by Gasteiger charge is -1.91. The molecule has 0 fully saturated rings. The molecule has 0 aromatic carbocycles. The Bertz CT molecular complexity index is 355. The highest BCUT2D eigenvalue weighted by Crippen LogP contribution is 2.25. The minimum absolute atomic E-state index is 0.391. The van der Waals surface area contributed by atoms with E-state index in [2.05, 4.69) is 4.98 Å². The maximum Gasteiger partial charge on any atom is 0.181 e. The number of hydrogen-bond donors (Lipinski definition) is 0. The van der Waals surface area contributed by atoms with Gasteiger partial charge in [-0.2, -0.15) is 11.3 Å². The van der Waals surface area contributed by atoms with Gasteiger partial charge in [-0.15, -0.1) is 11.6 Å². The van der Waals surface area contributed by atoms with Crippen LogP contribution < -0.4 is 0 Å². The summed E-state index contributed by atoms with van der Waals surface area (Å²) >= 11 is 7.30. The molecule has 2 heterocycles. The fourth-order valence-electron chi connectivity index (χ4n) is 0.993. The molecule has 0 radical (unpaired) electrons. The fraction of sp³-hybridized carbons (Fsp3) is 0.125. The van der Waals surface area contributed by atoms with Crippen molar-refractivity contribution in [2.75, 3.05) is 0 Å². The van der Waals surface area contributed by atoms with Crippen LogP contribution in [0.4, 0.5) is 0 Å². The summed E-state index contributed by atoms with van der Waals surface area (Å²) in [4.78, 5) is 4.00. The highest BCUT2D eigenvalue weighted by atomic mass is 35.5. The Labute approximate surface area is 78.8 Å². The van der Waals surface area contributed by atoms with Crippen molar-refractivity contribution in [1.82, 2.24) is 4.98 Å². The van der Waals surface area contributed by atoms with Crippen LogP contribution in [0.1, 0.15) is 5.69 Å². The van der Waals surface area contributed by atoms with Crippen molar-refractivity contribution in [2.45, 2.75) is 5.88 Å². The fourth-order valence-corrected chi connectivity index (χ4v) is 1.82. The molecule has 0 N–H and O–H groups in total. The van der Waals surface area contributed by atoms with Crippen LogP contribution in [-0.4, -0.2) is 4.98 Å². The largest absolute Gasteiger partial charge is 0.443 e. The number of oxazole rings is 1. The number of hydrogen-bond acceptors (Lipinski definition) is 3. The Morgan fingerprint density at radius 3 is 3.17 bits per heavy atom. The van der Waals surface area contributed by atoms with E-state index in [1.807, 2.05) is 16.8 Å². The van der Waals surface area contributed by atoms with Crippen molar-refractivity contribution < 1.29 is 4.42 Å². The van der Waals surface area contributed by atoms with Crippen LogP contribution in [-0.2, 0) is 5.88 Å². The third kappa shape index (κ3) is 1.26. The van der Waals surface area contributed by atoms with Gasteiger partial charge in [0.2, 0.25) is 0 Å². The zero-order chi connectivity index (χ0) is 8.39. The van der Waals surface area contributed by atoms with Crippen molar-refractivity contribution in [3.63, 3.8) is 0 Å². The molecule has 0 aliphatic carbocycles. The first-order valence-electron chi connectivity index (χ1n) is 3.42. The minimum atomic E-state index is 0.391. The van der Waals surface area contributed by atoms with Crippen molar-refractivity contribution >= 4 is 22.9 Å². The quantitative estimate of drug-likeness (QED) is 0.695. The maximum atomic E-state index is 5.67. The number of nitrogens with zero attached hydrogens (tertiary/aromatic N) is 1. The molecule has 4 heteroatoms. The number of rotatable bonds is 2. The second-order valence-electron chi connectivity index (χ2n) is 2.27. The van der Waals surface area contributed by atoms with Crippen molar-refractivity contribution in [2.24, 2.45) is 0 Å². The monoisotopic (exact) mass is 199 g/mol. The van der Waals surface area contributed by atoms with Gasteiger partial charge in [0.25, 0.3) is 0 Å². The number of alkyl halides is 1. The Kier molecular flexibility index (Phi) is 2.15. The average Bonchev–Trinajstić information content (AvgIpc) is 2.74. The molecule has 0 saturated carbocycles. The lowest BCUT2D eigenvalue weighted by molar-refractivity contribution is 0.571. The van der Waals surface area contributed by atoms with Gasteiger partial charge in [-0.3, -0.25) is 0 Å². The van der Waals surface area contributed by atoms with Crippen molar-refractivity contribution in [3.05, 3.63) is 28.9 Å². The molecular weight excluding hydrogens is 194 g/mol. The van der Waals surface area contributed by atoms with Crippen LogP contribution in [0.2, 0.25) is 0 Å². The molecule has 0 bridgehead atoms. The van der Waals surface area contributed by atoms with Crippen LogP contribution in [0, 0.1) is 0 Å². The Morgan fingerprint density at radius 1 is 1.58 bits per heavy atom. The van der Waals surface area contributed by atoms with E-state index in [0.717, 1.165) is 17.0 Å². The molecule has 2 aromatic rings. The third-order valence-electron chi connectivity index (χ3n) is 1.55. The molecule has 0 aliphatic heterocycles. The molecule has 2 aromatic heterocycles. The van der Waals surface area contributed by atoms with Gasteiger partial charge in [0.05, 0.1) is 5.88 Å². The van der Waals surface area contributed by atoms with E-state index in [-0.39, 0.29) is 0 Å². The van der Waals surface area contributed by atoms with Crippen LogP contribution >= 0.6 is 22.9 Å². The molecule has 0 saturated heterocycles. The second kappa shape index (κ2) is 3.29. The highest BCUT2D eigenvalue weighted by Gasteiger charge is 2.08. The molecule has 62 valence electrons. The number of thiophene rings is 1. The Hall–Kier alpha value is -0.800. The number of halogens is 1. The third-order valence-corrected chi connectivity index (χ3v) is 2.49. The summed E-state index contributed by atoms with van der Waals surface area (Å²) < 4.78 is 5.21. The summed E-state index contributed by atoms with van der Waals surface area (Å²) in [6, 6.07) is 1.99. The smallest absolute Gasteiger partial charge is 0.181 e. The van der Waals surface area contributed by atoms with Crippen molar-refractivity contribution in [3.8, 4) is 11.3 Å². The van der Waals surface area contributed by atoms with Gasteiger partial charge in [0, 0.05) is 10.9 Å². The summed E-state index contributed by atoms with van der Waals surface area (Å²) in [6.07, 6.45) is 1.42. The van der Waals surface area contributed by atoms with Gasteiger partial charge in [0.1, 0.15) is 5.69 Å². The molecule has 2 nitrogen and oxygen atoms in total. The van der Waals surface area contributed by atoms with E-state index in [1.54, 1.807) is 11.3 Å². The van der Waals surface area contributed by atoms with Gasteiger partial charge < -0.3 is 4.42 Å².